The van der Waals surface area contributed by atoms with Crippen LogP contribution in [0.4, 0.5) is 0 Å². The zero-order valence-corrected chi connectivity index (χ0v) is 21.5. The van der Waals surface area contributed by atoms with Crippen LogP contribution in [0.2, 0.25) is 0 Å². The summed E-state index contributed by atoms with van der Waals surface area (Å²) in [4.78, 5) is 10.0. The number of halogens is 1. The third-order valence-electron chi connectivity index (χ3n) is 6.40. The lowest BCUT2D eigenvalue weighted by Gasteiger charge is -2.33. The SMILES string of the molecule is CCNC(=NCC(c1ccco1)N1CCCC1)NC1CCN(Cc2ccccc2)CC1.I. The van der Waals surface area contributed by atoms with E-state index in [0.29, 0.717) is 6.04 Å². The molecular formula is C25H38IN5O. The van der Waals surface area contributed by atoms with Crippen LogP contribution >= 0.6 is 24.0 Å². The Kier molecular flexibility index (Phi) is 10.3. The summed E-state index contributed by atoms with van der Waals surface area (Å²) in [6, 6.07) is 15.5. The number of benzene rings is 1. The molecule has 2 aromatic rings. The highest BCUT2D eigenvalue weighted by atomic mass is 127. The number of guanidine groups is 1. The molecule has 0 amide bonds. The van der Waals surface area contributed by atoms with E-state index in [2.05, 4.69) is 63.8 Å². The molecule has 0 saturated carbocycles. The molecule has 2 aliphatic heterocycles. The molecule has 0 radical (unpaired) electrons. The summed E-state index contributed by atoms with van der Waals surface area (Å²) in [6.07, 6.45) is 6.59. The smallest absolute Gasteiger partial charge is 0.191 e. The Morgan fingerprint density at radius 3 is 2.47 bits per heavy atom. The van der Waals surface area contributed by atoms with Gasteiger partial charge in [-0.25, -0.2) is 0 Å². The molecule has 0 spiro atoms. The Morgan fingerprint density at radius 1 is 1.06 bits per heavy atom. The molecule has 0 aliphatic carbocycles. The number of piperidine rings is 1. The topological polar surface area (TPSA) is 56.0 Å². The van der Waals surface area contributed by atoms with Crippen LogP contribution in [0.15, 0.2) is 58.1 Å². The van der Waals surface area contributed by atoms with Crippen molar-refractivity contribution in [1.29, 1.82) is 0 Å². The molecule has 1 aromatic heterocycles. The summed E-state index contributed by atoms with van der Waals surface area (Å²) in [5.74, 6) is 1.95. The molecule has 6 nitrogen and oxygen atoms in total. The van der Waals surface area contributed by atoms with E-state index in [-0.39, 0.29) is 30.0 Å². The first-order chi connectivity index (χ1) is 15.3. The molecule has 0 bridgehead atoms. The number of nitrogens with one attached hydrogen (secondary N) is 2. The molecule has 32 heavy (non-hydrogen) atoms. The molecule has 4 rings (SSSR count). The average Bonchev–Trinajstić information content (AvgIpc) is 3.51. The normalized spacial score (nSPS) is 19.5. The number of hydrogen-bond donors (Lipinski definition) is 2. The van der Waals surface area contributed by atoms with E-state index < -0.39 is 0 Å². The second-order valence-corrected chi connectivity index (χ2v) is 8.67. The van der Waals surface area contributed by atoms with Crippen molar-refractivity contribution in [2.75, 3.05) is 39.3 Å². The van der Waals surface area contributed by atoms with Gasteiger partial charge in [0, 0.05) is 32.2 Å². The minimum Gasteiger partial charge on any atom is -0.468 e. The van der Waals surface area contributed by atoms with Crippen LogP contribution < -0.4 is 10.6 Å². The van der Waals surface area contributed by atoms with Crippen molar-refractivity contribution in [3.63, 3.8) is 0 Å². The van der Waals surface area contributed by atoms with Crippen molar-refractivity contribution >= 4 is 29.9 Å². The van der Waals surface area contributed by atoms with Crippen molar-refractivity contribution in [1.82, 2.24) is 20.4 Å². The molecule has 1 unspecified atom stereocenters. The lowest BCUT2D eigenvalue weighted by molar-refractivity contribution is 0.198. The summed E-state index contributed by atoms with van der Waals surface area (Å²) in [6.45, 7) is 9.26. The molecule has 2 aliphatic rings. The highest BCUT2D eigenvalue weighted by Crippen LogP contribution is 2.25. The van der Waals surface area contributed by atoms with E-state index in [1.165, 1.54) is 18.4 Å². The van der Waals surface area contributed by atoms with Crippen molar-refractivity contribution in [2.45, 2.75) is 51.2 Å². The molecule has 3 heterocycles. The monoisotopic (exact) mass is 551 g/mol. The van der Waals surface area contributed by atoms with Gasteiger partial charge in [0.2, 0.25) is 0 Å². The van der Waals surface area contributed by atoms with Crippen LogP contribution in [0.1, 0.15) is 50.0 Å². The molecule has 2 fully saturated rings. The Hall–Kier alpha value is -1.58. The third kappa shape index (κ3) is 7.22. The summed E-state index contributed by atoms with van der Waals surface area (Å²) in [5, 5.41) is 7.14. The third-order valence-corrected chi connectivity index (χ3v) is 6.40. The quantitative estimate of drug-likeness (QED) is 0.292. The van der Waals surface area contributed by atoms with Crippen LogP contribution in [0.25, 0.3) is 0 Å². The molecule has 1 aromatic carbocycles. The number of furan rings is 1. The number of hydrogen-bond acceptors (Lipinski definition) is 4. The first kappa shape index (κ1) is 25.1. The maximum Gasteiger partial charge on any atom is 0.191 e. The van der Waals surface area contributed by atoms with Gasteiger partial charge >= 0.3 is 0 Å². The summed E-state index contributed by atoms with van der Waals surface area (Å²) >= 11 is 0. The summed E-state index contributed by atoms with van der Waals surface area (Å²) < 4.78 is 5.75. The minimum atomic E-state index is 0. The Bertz CT molecular complexity index is 784. The lowest BCUT2D eigenvalue weighted by Crippen LogP contribution is -2.48. The molecule has 176 valence electrons. The zero-order valence-electron chi connectivity index (χ0n) is 19.2. The van der Waals surface area contributed by atoms with E-state index >= 15 is 0 Å². The first-order valence-electron chi connectivity index (χ1n) is 11.9. The van der Waals surface area contributed by atoms with Gasteiger partial charge in [0.25, 0.3) is 0 Å². The predicted molar refractivity (Wildman–Crippen MR) is 142 cm³/mol. The highest BCUT2D eigenvalue weighted by Gasteiger charge is 2.26. The van der Waals surface area contributed by atoms with Gasteiger partial charge in [-0.2, -0.15) is 0 Å². The van der Waals surface area contributed by atoms with Gasteiger partial charge in [0.15, 0.2) is 5.96 Å². The summed E-state index contributed by atoms with van der Waals surface area (Å²) in [5.41, 5.74) is 1.40. The van der Waals surface area contributed by atoms with Crippen molar-refractivity contribution in [3.05, 3.63) is 60.1 Å². The zero-order chi connectivity index (χ0) is 21.3. The Labute approximate surface area is 209 Å². The fraction of sp³-hybridized carbons (Fsp3) is 0.560. The van der Waals surface area contributed by atoms with Gasteiger partial charge in [-0.1, -0.05) is 30.3 Å². The second kappa shape index (κ2) is 13.2. The van der Waals surface area contributed by atoms with Gasteiger partial charge < -0.3 is 15.1 Å². The molecule has 1 atom stereocenters. The van der Waals surface area contributed by atoms with Crippen LogP contribution in [-0.4, -0.2) is 61.1 Å². The van der Waals surface area contributed by atoms with Gasteiger partial charge in [-0.3, -0.25) is 14.8 Å². The van der Waals surface area contributed by atoms with Crippen LogP contribution in [-0.2, 0) is 6.54 Å². The second-order valence-electron chi connectivity index (χ2n) is 8.67. The van der Waals surface area contributed by atoms with Crippen LogP contribution in [0.5, 0.6) is 0 Å². The molecule has 2 saturated heterocycles. The van der Waals surface area contributed by atoms with E-state index in [4.69, 9.17) is 9.41 Å². The van der Waals surface area contributed by atoms with Crippen molar-refractivity contribution < 1.29 is 4.42 Å². The fourth-order valence-corrected chi connectivity index (χ4v) is 4.69. The van der Waals surface area contributed by atoms with E-state index in [9.17, 15) is 0 Å². The van der Waals surface area contributed by atoms with E-state index in [1.54, 1.807) is 6.26 Å². The van der Waals surface area contributed by atoms with Gasteiger partial charge in [-0.15, -0.1) is 24.0 Å². The largest absolute Gasteiger partial charge is 0.468 e. The van der Waals surface area contributed by atoms with Gasteiger partial charge in [0.1, 0.15) is 5.76 Å². The number of aliphatic imine (C=N–C) groups is 1. The number of likely N-dealkylation sites (tertiary alicyclic amines) is 2. The standard InChI is InChI=1S/C25H37N5O.HI/c1-2-26-25(27-19-23(24-11-8-18-31-24)30-14-6-7-15-30)28-22-12-16-29(17-13-22)20-21-9-4-3-5-10-21;/h3-5,8-11,18,22-23H,2,6-7,12-17,19-20H2,1H3,(H2,26,27,28);1H. The first-order valence-corrected chi connectivity index (χ1v) is 11.9. The van der Waals surface area contributed by atoms with Crippen LogP contribution in [0, 0.1) is 0 Å². The average molecular weight is 552 g/mol. The Morgan fingerprint density at radius 2 is 1.81 bits per heavy atom. The molecule has 7 heteroatoms. The predicted octanol–water partition coefficient (Wildman–Crippen LogP) is 4.25. The van der Waals surface area contributed by atoms with Gasteiger partial charge in [-0.05, 0) is 63.4 Å². The van der Waals surface area contributed by atoms with E-state index in [1.807, 2.05) is 6.07 Å². The maximum atomic E-state index is 5.75. The lowest BCUT2D eigenvalue weighted by atomic mass is 10.0. The van der Waals surface area contributed by atoms with Crippen LogP contribution in [0.3, 0.4) is 0 Å². The number of nitrogens with zero attached hydrogens (tertiary/aromatic N) is 3. The fourth-order valence-electron chi connectivity index (χ4n) is 4.69. The summed E-state index contributed by atoms with van der Waals surface area (Å²) in [7, 11) is 0. The number of rotatable bonds is 8. The van der Waals surface area contributed by atoms with Crippen molar-refractivity contribution in [2.24, 2.45) is 4.99 Å². The molecular weight excluding hydrogens is 513 g/mol. The van der Waals surface area contributed by atoms with Crippen molar-refractivity contribution in [3.8, 4) is 0 Å². The maximum absolute atomic E-state index is 5.75. The minimum absolute atomic E-state index is 0. The van der Waals surface area contributed by atoms with E-state index in [0.717, 1.165) is 70.4 Å². The molecule has 2 N–H and O–H groups in total. The highest BCUT2D eigenvalue weighted by molar-refractivity contribution is 14.0. The Balaban J connectivity index is 0.00000289. The van der Waals surface area contributed by atoms with Gasteiger partial charge in [0.05, 0.1) is 18.8 Å².